The van der Waals surface area contributed by atoms with Crippen molar-refractivity contribution >= 4 is 44.4 Å². The molecule has 0 bridgehead atoms. The maximum atomic E-state index is 13.4. The van der Waals surface area contributed by atoms with E-state index in [0.29, 0.717) is 16.8 Å². The first-order valence-corrected chi connectivity index (χ1v) is 12.1. The molecule has 0 spiro atoms. The number of carbonyl (C=O) groups is 1. The smallest absolute Gasteiger partial charge is 0.247 e. The van der Waals surface area contributed by atoms with E-state index in [1.54, 1.807) is 36.4 Å². The van der Waals surface area contributed by atoms with Gasteiger partial charge in [-0.1, -0.05) is 54.1 Å². The van der Waals surface area contributed by atoms with Crippen LogP contribution in [0, 0.1) is 20.8 Å². The number of fused-ring (bicyclic) bond motifs is 1. The summed E-state index contributed by atoms with van der Waals surface area (Å²) in [6.45, 7) is 5.81. The van der Waals surface area contributed by atoms with Gasteiger partial charge in [-0.2, -0.15) is 13.5 Å². The number of aryl methyl sites for hydroxylation is 3. The molecular formula is C23H22N4O3S2. The van der Waals surface area contributed by atoms with Crippen molar-refractivity contribution < 1.29 is 13.2 Å². The normalized spacial score (nSPS) is 12.6. The van der Waals surface area contributed by atoms with Crippen LogP contribution in [0.15, 0.2) is 65.6 Å². The van der Waals surface area contributed by atoms with Crippen LogP contribution < -0.4 is 10.0 Å². The van der Waals surface area contributed by atoms with Crippen molar-refractivity contribution in [2.24, 2.45) is 0 Å². The molecule has 1 heterocycles. The number of sulfonamides is 1. The Labute approximate surface area is 190 Å². The Morgan fingerprint density at radius 3 is 2.31 bits per heavy atom. The van der Waals surface area contributed by atoms with Gasteiger partial charge in [-0.15, -0.1) is 0 Å². The summed E-state index contributed by atoms with van der Waals surface area (Å²) in [5, 5.41) is 2.92. The Morgan fingerprint density at radius 2 is 1.62 bits per heavy atom. The average molecular weight is 467 g/mol. The van der Waals surface area contributed by atoms with Gasteiger partial charge in [0.15, 0.2) is 0 Å². The molecule has 0 aliphatic heterocycles. The summed E-state index contributed by atoms with van der Waals surface area (Å²) >= 11 is 0.939. The summed E-state index contributed by atoms with van der Waals surface area (Å²) < 4.78 is 37.4. The summed E-state index contributed by atoms with van der Waals surface area (Å²) in [6.07, 6.45) is 0. The zero-order valence-corrected chi connectivity index (χ0v) is 19.4. The highest BCUT2D eigenvalue weighted by Crippen LogP contribution is 2.26. The first kappa shape index (κ1) is 22.1. The molecule has 1 amide bonds. The molecule has 7 nitrogen and oxygen atoms in total. The third-order valence-electron chi connectivity index (χ3n) is 5.13. The molecule has 0 unspecified atom stereocenters. The van der Waals surface area contributed by atoms with E-state index in [0.717, 1.165) is 28.4 Å². The molecule has 1 aromatic heterocycles. The Kier molecular flexibility index (Phi) is 6.05. The second-order valence-corrected chi connectivity index (χ2v) is 9.83. The standard InChI is InChI=1S/C23H22N4O3S2/c1-14-12-15(2)20(16(3)13-14)24-23(28)21(17-8-5-4-6-9-17)27-32(29,30)19-11-7-10-18-22(19)26-31-25-18/h4-13,21,27H,1-3H3,(H,24,28)/t21-/m0/s1. The lowest BCUT2D eigenvalue weighted by Gasteiger charge is -2.21. The molecule has 32 heavy (non-hydrogen) atoms. The van der Waals surface area contributed by atoms with Gasteiger partial charge >= 0.3 is 0 Å². The van der Waals surface area contributed by atoms with E-state index in [4.69, 9.17) is 0 Å². The summed E-state index contributed by atoms with van der Waals surface area (Å²) in [6, 6.07) is 16.3. The van der Waals surface area contributed by atoms with Crippen LogP contribution in [-0.4, -0.2) is 23.1 Å². The van der Waals surface area contributed by atoms with Gasteiger partial charge in [0.05, 0.1) is 11.7 Å². The van der Waals surface area contributed by atoms with Gasteiger partial charge in [0.2, 0.25) is 15.9 Å². The second-order valence-electron chi connectivity index (χ2n) is 7.62. The molecule has 3 aromatic carbocycles. The summed E-state index contributed by atoms with van der Waals surface area (Å²) in [5.74, 6) is -0.474. The Bertz CT molecular complexity index is 1380. The number of anilines is 1. The Morgan fingerprint density at radius 1 is 0.938 bits per heavy atom. The lowest BCUT2D eigenvalue weighted by Crippen LogP contribution is -2.37. The van der Waals surface area contributed by atoms with Gasteiger partial charge < -0.3 is 5.32 Å². The van der Waals surface area contributed by atoms with Crippen LogP contribution >= 0.6 is 11.7 Å². The molecule has 4 aromatic rings. The maximum Gasteiger partial charge on any atom is 0.247 e. The van der Waals surface area contributed by atoms with E-state index in [2.05, 4.69) is 18.8 Å². The van der Waals surface area contributed by atoms with E-state index in [9.17, 15) is 13.2 Å². The molecule has 164 valence electrons. The summed E-state index contributed by atoms with van der Waals surface area (Å²) in [4.78, 5) is 13.3. The number of rotatable bonds is 6. The molecule has 0 radical (unpaired) electrons. The lowest BCUT2D eigenvalue weighted by atomic mass is 10.0. The van der Waals surface area contributed by atoms with Gasteiger partial charge in [0.25, 0.3) is 0 Å². The Hall–Kier alpha value is -3.14. The largest absolute Gasteiger partial charge is 0.324 e. The highest BCUT2D eigenvalue weighted by atomic mass is 32.2. The highest BCUT2D eigenvalue weighted by molar-refractivity contribution is 7.89. The second kappa shape index (κ2) is 8.78. The molecule has 2 N–H and O–H groups in total. The van der Waals surface area contributed by atoms with Crippen LogP contribution in [0.3, 0.4) is 0 Å². The quantitative estimate of drug-likeness (QED) is 0.442. The minimum atomic E-state index is -4.08. The number of carbonyl (C=O) groups excluding carboxylic acids is 1. The predicted octanol–water partition coefficient (Wildman–Crippen LogP) is 4.27. The first-order valence-electron chi connectivity index (χ1n) is 9.93. The SMILES string of the molecule is Cc1cc(C)c(NC(=O)[C@@H](NS(=O)(=O)c2cccc3nsnc23)c2ccccc2)c(C)c1. The van der Waals surface area contributed by atoms with E-state index in [1.807, 2.05) is 39.0 Å². The van der Waals surface area contributed by atoms with Crippen molar-refractivity contribution in [2.75, 3.05) is 5.32 Å². The van der Waals surface area contributed by atoms with E-state index >= 15 is 0 Å². The highest BCUT2D eigenvalue weighted by Gasteiger charge is 2.29. The van der Waals surface area contributed by atoms with Crippen molar-refractivity contribution in [3.63, 3.8) is 0 Å². The van der Waals surface area contributed by atoms with Gasteiger partial charge in [0.1, 0.15) is 22.0 Å². The molecule has 4 rings (SSSR count). The molecule has 0 saturated carbocycles. The van der Waals surface area contributed by atoms with Crippen LogP contribution in [0.5, 0.6) is 0 Å². The van der Waals surface area contributed by atoms with Crippen molar-refractivity contribution in [3.05, 3.63) is 82.9 Å². The number of nitrogens with one attached hydrogen (secondary N) is 2. The number of aromatic nitrogens is 2. The van der Waals surface area contributed by atoms with E-state index < -0.39 is 22.0 Å². The number of amides is 1. The maximum absolute atomic E-state index is 13.4. The number of benzene rings is 3. The van der Waals surface area contributed by atoms with Crippen LogP contribution in [0.1, 0.15) is 28.3 Å². The number of hydrogen-bond donors (Lipinski definition) is 2. The topological polar surface area (TPSA) is 101 Å². The van der Waals surface area contributed by atoms with Crippen molar-refractivity contribution in [1.82, 2.24) is 13.5 Å². The average Bonchev–Trinajstić information content (AvgIpc) is 3.24. The minimum Gasteiger partial charge on any atom is -0.324 e. The number of nitrogens with zero attached hydrogens (tertiary/aromatic N) is 2. The molecule has 0 saturated heterocycles. The summed E-state index contributed by atoms with van der Waals surface area (Å²) in [7, 11) is -4.08. The summed E-state index contributed by atoms with van der Waals surface area (Å²) in [5.41, 5.74) is 4.87. The monoisotopic (exact) mass is 466 g/mol. The fourth-order valence-corrected chi connectivity index (χ4v) is 5.66. The van der Waals surface area contributed by atoms with Crippen LogP contribution in [-0.2, 0) is 14.8 Å². The van der Waals surface area contributed by atoms with Gasteiger partial charge in [-0.3, -0.25) is 4.79 Å². The van der Waals surface area contributed by atoms with Crippen LogP contribution in [0.25, 0.3) is 11.0 Å². The molecule has 0 aliphatic rings. The van der Waals surface area contributed by atoms with Crippen molar-refractivity contribution in [3.8, 4) is 0 Å². The van der Waals surface area contributed by atoms with E-state index in [1.165, 1.54) is 6.07 Å². The minimum absolute atomic E-state index is 0.0137. The Balaban J connectivity index is 1.72. The molecule has 0 aliphatic carbocycles. The van der Waals surface area contributed by atoms with Gasteiger partial charge in [0, 0.05) is 5.69 Å². The van der Waals surface area contributed by atoms with Gasteiger partial charge in [-0.25, -0.2) is 8.42 Å². The zero-order chi connectivity index (χ0) is 22.9. The van der Waals surface area contributed by atoms with Gasteiger partial charge in [-0.05, 0) is 49.6 Å². The van der Waals surface area contributed by atoms with Crippen molar-refractivity contribution in [1.29, 1.82) is 0 Å². The lowest BCUT2D eigenvalue weighted by molar-refractivity contribution is -0.117. The fraction of sp³-hybridized carbons (Fsp3) is 0.174. The number of hydrogen-bond acceptors (Lipinski definition) is 6. The molecular weight excluding hydrogens is 444 g/mol. The zero-order valence-electron chi connectivity index (χ0n) is 17.8. The van der Waals surface area contributed by atoms with Crippen LogP contribution in [0.2, 0.25) is 0 Å². The first-order chi connectivity index (χ1) is 15.3. The molecule has 0 fully saturated rings. The van der Waals surface area contributed by atoms with Crippen LogP contribution in [0.4, 0.5) is 5.69 Å². The van der Waals surface area contributed by atoms with Crippen molar-refractivity contribution in [2.45, 2.75) is 31.7 Å². The predicted molar refractivity (Wildman–Crippen MR) is 126 cm³/mol. The molecule has 9 heteroatoms. The fourth-order valence-electron chi connectivity index (χ4n) is 3.71. The third kappa shape index (κ3) is 4.40. The van der Waals surface area contributed by atoms with E-state index in [-0.39, 0.29) is 10.4 Å². The molecule has 1 atom stereocenters. The third-order valence-corrected chi connectivity index (χ3v) is 7.13.